The summed E-state index contributed by atoms with van der Waals surface area (Å²) in [6, 6.07) is 8.21. The van der Waals surface area contributed by atoms with Crippen molar-refractivity contribution in [2.24, 2.45) is 0 Å². The highest BCUT2D eigenvalue weighted by Gasteiger charge is 2.38. The van der Waals surface area contributed by atoms with Crippen molar-refractivity contribution in [2.45, 2.75) is 17.5 Å². The molecule has 4 rings (SSSR count). The number of rotatable bonds is 2. The van der Waals surface area contributed by atoms with Crippen LogP contribution in [-0.4, -0.2) is 22.0 Å². The summed E-state index contributed by atoms with van der Waals surface area (Å²) in [5.41, 5.74) is 1.24. The van der Waals surface area contributed by atoms with Gasteiger partial charge in [0.25, 0.3) is 0 Å². The minimum atomic E-state index is 0.222. The van der Waals surface area contributed by atoms with Crippen LogP contribution in [0.5, 0.6) is 5.75 Å². The Balaban J connectivity index is 1.72. The largest absolute Gasteiger partial charge is 0.497 e. The summed E-state index contributed by atoms with van der Waals surface area (Å²) in [5, 5.41) is 15.2. The second kappa shape index (κ2) is 4.46. The highest BCUT2D eigenvalue weighted by atomic mass is 32.2. The average Bonchev–Trinajstić information content (AvgIpc) is 3.12. The van der Waals surface area contributed by atoms with Crippen LogP contribution in [0.2, 0.25) is 0 Å². The molecule has 0 spiro atoms. The molecule has 2 aliphatic heterocycles. The Morgan fingerprint density at radius 1 is 1.20 bits per heavy atom. The third kappa shape index (κ3) is 1.66. The van der Waals surface area contributed by atoms with Gasteiger partial charge in [-0.2, -0.15) is 0 Å². The smallest absolute Gasteiger partial charge is 0.216 e. The standard InChI is InChI=1S/C13H12N4OS2/c1-8-14-15-13-16(8)17-11(20-13)7-19-12(17)9-3-5-10(18-2)6-4-9/h3-7,12H,1-2H3/t12-/m1/s1. The summed E-state index contributed by atoms with van der Waals surface area (Å²) in [5.74, 6) is 1.79. The molecular weight excluding hydrogens is 292 g/mol. The van der Waals surface area contributed by atoms with Crippen molar-refractivity contribution < 1.29 is 4.74 Å². The number of thioether (sulfide) groups is 2. The fraction of sp³-hybridized carbons (Fsp3) is 0.231. The molecule has 0 saturated heterocycles. The van der Waals surface area contributed by atoms with E-state index >= 15 is 0 Å². The Morgan fingerprint density at radius 2 is 2.00 bits per heavy atom. The van der Waals surface area contributed by atoms with E-state index < -0.39 is 0 Å². The number of nitrogens with zero attached hydrogens (tertiary/aromatic N) is 4. The van der Waals surface area contributed by atoms with Crippen LogP contribution in [0.1, 0.15) is 16.8 Å². The Bertz CT molecular complexity index is 695. The molecule has 2 aromatic rings. The van der Waals surface area contributed by atoms with Gasteiger partial charge in [0.2, 0.25) is 5.16 Å². The van der Waals surface area contributed by atoms with E-state index in [1.807, 2.05) is 19.1 Å². The Labute approximate surface area is 125 Å². The van der Waals surface area contributed by atoms with Crippen molar-refractivity contribution in [2.75, 3.05) is 12.1 Å². The minimum Gasteiger partial charge on any atom is -0.497 e. The van der Waals surface area contributed by atoms with Gasteiger partial charge in [0, 0.05) is 5.41 Å². The molecule has 102 valence electrons. The number of methoxy groups -OCH3 is 1. The first-order valence-corrected chi connectivity index (χ1v) is 7.93. The van der Waals surface area contributed by atoms with Gasteiger partial charge in [-0.15, -0.1) is 10.2 Å². The fourth-order valence-corrected chi connectivity index (χ4v) is 4.63. The van der Waals surface area contributed by atoms with Gasteiger partial charge in [-0.1, -0.05) is 23.9 Å². The van der Waals surface area contributed by atoms with E-state index in [9.17, 15) is 0 Å². The zero-order valence-electron chi connectivity index (χ0n) is 11.0. The van der Waals surface area contributed by atoms with Crippen molar-refractivity contribution in [3.05, 3.63) is 46.1 Å². The Morgan fingerprint density at radius 3 is 2.75 bits per heavy atom. The molecule has 1 aromatic heterocycles. The molecule has 0 bridgehead atoms. The predicted octanol–water partition coefficient (Wildman–Crippen LogP) is 2.88. The lowest BCUT2D eigenvalue weighted by atomic mass is 10.2. The van der Waals surface area contributed by atoms with Crippen LogP contribution in [0.25, 0.3) is 0 Å². The second-order valence-corrected chi connectivity index (χ2v) is 6.45. The average molecular weight is 304 g/mol. The zero-order valence-corrected chi connectivity index (χ0v) is 12.6. The summed E-state index contributed by atoms with van der Waals surface area (Å²) in [6.45, 7) is 1.98. The predicted molar refractivity (Wildman–Crippen MR) is 80.2 cm³/mol. The molecule has 0 saturated carbocycles. The van der Waals surface area contributed by atoms with Crippen molar-refractivity contribution in [1.29, 1.82) is 0 Å². The second-order valence-electron chi connectivity index (χ2n) is 4.51. The number of ether oxygens (including phenoxy) is 1. The fourth-order valence-electron chi connectivity index (χ4n) is 2.36. The molecule has 1 atom stereocenters. The van der Waals surface area contributed by atoms with E-state index in [1.54, 1.807) is 30.6 Å². The van der Waals surface area contributed by atoms with Gasteiger partial charge in [0.05, 0.1) is 7.11 Å². The van der Waals surface area contributed by atoms with Crippen molar-refractivity contribution in [3.8, 4) is 5.75 Å². The highest BCUT2D eigenvalue weighted by molar-refractivity contribution is 8.07. The first-order chi connectivity index (χ1) is 9.78. The van der Waals surface area contributed by atoms with Crippen molar-refractivity contribution in [3.63, 3.8) is 0 Å². The monoisotopic (exact) mass is 304 g/mol. The maximum Gasteiger partial charge on any atom is 0.216 e. The van der Waals surface area contributed by atoms with E-state index in [2.05, 4.69) is 37.4 Å². The van der Waals surface area contributed by atoms with Crippen molar-refractivity contribution in [1.82, 2.24) is 14.9 Å². The van der Waals surface area contributed by atoms with Crippen LogP contribution in [0, 0.1) is 6.92 Å². The third-order valence-electron chi connectivity index (χ3n) is 3.33. The molecule has 0 unspecified atom stereocenters. The first-order valence-electron chi connectivity index (χ1n) is 6.17. The zero-order chi connectivity index (χ0) is 13.7. The molecule has 0 fully saturated rings. The Kier molecular flexibility index (Phi) is 2.71. The topological polar surface area (TPSA) is 43.2 Å². The van der Waals surface area contributed by atoms with Crippen LogP contribution < -0.4 is 9.75 Å². The quantitative estimate of drug-likeness (QED) is 0.850. The molecule has 0 N–H and O–H groups in total. The lowest BCUT2D eigenvalue weighted by molar-refractivity contribution is 0.414. The molecule has 0 aliphatic carbocycles. The molecule has 7 heteroatoms. The van der Waals surface area contributed by atoms with Crippen LogP contribution in [0.3, 0.4) is 0 Å². The number of aromatic nitrogens is 3. The van der Waals surface area contributed by atoms with Gasteiger partial charge >= 0.3 is 0 Å². The third-order valence-corrected chi connectivity index (χ3v) is 5.52. The van der Waals surface area contributed by atoms with E-state index in [1.165, 1.54) is 10.6 Å². The number of fused-ring (bicyclic) bond motifs is 3. The summed E-state index contributed by atoms with van der Waals surface area (Å²) < 4.78 is 7.31. The van der Waals surface area contributed by atoms with E-state index in [-0.39, 0.29) is 5.37 Å². The van der Waals surface area contributed by atoms with Crippen LogP contribution >= 0.6 is 23.5 Å². The van der Waals surface area contributed by atoms with Crippen LogP contribution in [-0.2, 0) is 0 Å². The molecule has 2 aliphatic rings. The summed E-state index contributed by atoms with van der Waals surface area (Å²) in [7, 11) is 1.68. The number of hydrogen-bond donors (Lipinski definition) is 0. The molecular formula is C13H12N4OS2. The van der Waals surface area contributed by atoms with E-state index in [4.69, 9.17) is 4.74 Å². The van der Waals surface area contributed by atoms with Crippen LogP contribution in [0.4, 0.5) is 0 Å². The molecule has 0 amide bonds. The highest BCUT2D eigenvalue weighted by Crippen LogP contribution is 2.51. The van der Waals surface area contributed by atoms with Gasteiger partial charge in [-0.05, 0) is 36.4 Å². The summed E-state index contributed by atoms with van der Waals surface area (Å²) in [4.78, 5) is 0. The maximum atomic E-state index is 5.22. The van der Waals surface area contributed by atoms with Gasteiger partial charge in [0.15, 0.2) is 5.82 Å². The van der Waals surface area contributed by atoms with Gasteiger partial charge in [0.1, 0.15) is 16.2 Å². The molecule has 20 heavy (non-hydrogen) atoms. The van der Waals surface area contributed by atoms with Gasteiger partial charge in [-0.3, -0.25) is 5.01 Å². The van der Waals surface area contributed by atoms with E-state index in [0.29, 0.717) is 0 Å². The molecule has 0 radical (unpaired) electrons. The van der Waals surface area contributed by atoms with Gasteiger partial charge in [-0.25, -0.2) is 4.68 Å². The molecule has 3 heterocycles. The van der Waals surface area contributed by atoms with Crippen molar-refractivity contribution >= 4 is 23.5 Å². The minimum absolute atomic E-state index is 0.222. The normalized spacial score (nSPS) is 19.8. The maximum absolute atomic E-state index is 5.22. The molecule has 1 aromatic carbocycles. The number of hydrogen-bond acceptors (Lipinski definition) is 6. The SMILES string of the molecule is COc1ccc([C@H]2SC=C3Sc4nnc(C)n4N32)cc1. The number of aryl methyl sites for hydroxylation is 1. The van der Waals surface area contributed by atoms with Crippen LogP contribution in [0.15, 0.2) is 39.9 Å². The molecule has 5 nitrogen and oxygen atoms in total. The summed E-state index contributed by atoms with van der Waals surface area (Å²) >= 11 is 3.47. The lowest BCUT2D eigenvalue weighted by Gasteiger charge is -2.25. The van der Waals surface area contributed by atoms with E-state index in [0.717, 1.165) is 16.7 Å². The van der Waals surface area contributed by atoms with Gasteiger partial charge < -0.3 is 4.74 Å². The Hall–Kier alpha value is -1.60. The lowest BCUT2D eigenvalue weighted by Crippen LogP contribution is -2.29. The first kappa shape index (κ1) is 12.2. The summed E-state index contributed by atoms with van der Waals surface area (Å²) in [6.07, 6.45) is 0. The number of benzene rings is 1.